The van der Waals surface area contributed by atoms with Crippen molar-refractivity contribution in [3.63, 3.8) is 0 Å². The summed E-state index contributed by atoms with van der Waals surface area (Å²) in [6.45, 7) is 5.38. The molecule has 4 nitrogen and oxygen atoms in total. The molecule has 1 unspecified atom stereocenters. The third-order valence-corrected chi connectivity index (χ3v) is 6.48. The number of amides is 1. The van der Waals surface area contributed by atoms with Gasteiger partial charge in [0, 0.05) is 29.6 Å². The van der Waals surface area contributed by atoms with Gasteiger partial charge in [0.2, 0.25) is 5.91 Å². The third kappa shape index (κ3) is 3.61. The van der Waals surface area contributed by atoms with Crippen molar-refractivity contribution in [1.29, 1.82) is 0 Å². The third-order valence-electron chi connectivity index (χ3n) is 6.12. The van der Waals surface area contributed by atoms with Gasteiger partial charge in [-0.3, -0.25) is 4.79 Å². The van der Waals surface area contributed by atoms with E-state index in [1.54, 1.807) is 0 Å². The first-order valence-corrected chi connectivity index (χ1v) is 11.0. The largest absolute Gasteiger partial charge is 0.323 e. The molecule has 0 radical (unpaired) electrons. The van der Waals surface area contributed by atoms with E-state index in [1.807, 2.05) is 47.4 Å². The fourth-order valence-corrected chi connectivity index (χ4v) is 4.69. The first-order chi connectivity index (χ1) is 15.0. The average Bonchev–Trinajstić information content (AvgIpc) is 3.32. The predicted octanol–water partition coefficient (Wildman–Crippen LogP) is 5.88. The molecule has 1 amide bonds. The molecule has 156 valence electrons. The van der Waals surface area contributed by atoms with Crippen LogP contribution >= 0.6 is 11.6 Å². The van der Waals surface area contributed by atoms with Crippen LogP contribution in [0.2, 0.25) is 5.02 Å². The highest BCUT2D eigenvalue weighted by molar-refractivity contribution is 6.31. The summed E-state index contributed by atoms with van der Waals surface area (Å²) in [5, 5.41) is 0.741. The molecule has 0 bridgehead atoms. The van der Waals surface area contributed by atoms with E-state index in [2.05, 4.69) is 42.7 Å². The van der Waals surface area contributed by atoms with Gasteiger partial charge in [-0.2, -0.15) is 0 Å². The Bertz CT molecular complexity index is 1290. The van der Waals surface area contributed by atoms with E-state index in [1.165, 1.54) is 0 Å². The number of nitrogens with zero attached hydrogens (tertiary/aromatic N) is 3. The van der Waals surface area contributed by atoms with Crippen LogP contribution < -0.4 is 4.90 Å². The SMILES string of the molecule is Cc1ccc(C)c(N2CC(c3nc4ccccc4n3Cc3ccccc3Cl)CC2=O)c1. The number of fused-ring (bicyclic) bond motifs is 1. The maximum absolute atomic E-state index is 13.0. The molecule has 1 saturated heterocycles. The van der Waals surface area contributed by atoms with E-state index in [0.29, 0.717) is 19.5 Å². The normalized spacial score (nSPS) is 16.4. The Labute approximate surface area is 187 Å². The number of carbonyl (C=O) groups excluding carboxylic acids is 1. The zero-order chi connectivity index (χ0) is 21.5. The summed E-state index contributed by atoms with van der Waals surface area (Å²) in [5.74, 6) is 1.12. The number of hydrogen-bond donors (Lipinski definition) is 0. The van der Waals surface area contributed by atoms with Crippen LogP contribution in [0.3, 0.4) is 0 Å². The molecule has 0 spiro atoms. The van der Waals surface area contributed by atoms with E-state index < -0.39 is 0 Å². The Kier molecular flexibility index (Phi) is 5.03. The van der Waals surface area contributed by atoms with Gasteiger partial charge < -0.3 is 9.47 Å². The van der Waals surface area contributed by atoms with Crippen LogP contribution in [-0.4, -0.2) is 22.0 Å². The van der Waals surface area contributed by atoms with Gasteiger partial charge in [-0.05, 0) is 54.8 Å². The van der Waals surface area contributed by atoms with E-state index >= 15 is 0 Å². The minimum atomic E-state index is 0.0299. The number of anilines is 1. The minimum Gasteiger partial charge on any atom is -0.323 e. The van der Waals surface area contributed by atoms with E-state index in [9.17, 15) is 4.79 Å². The quantitative estimate of drug-likeness (QED) is 0.406. The van der Waals surface area contributed by atoms with Gasteiger partial charge >= 0.3 is 0 Å². The summed E-state index contributed by atoms with van der Waals surface area (Å²) < 4.78 is 2.22. The molecule has 1 aliphatic rings. The van der Waals surface area contributed by atoms with Crippen molar-refractivity contribution >= 4 is 34.2 Å². The van der Waals surface area contributed by atoms with Gasteiger partial charge in [-0.1, -0.05) is 54.1 Å². The number of rotatable bonds is 4. The van der Waals surface area contributed by atoms with Crippen LogP contribution in [0.5, 0.6) is 0 Å². The second-order valence-electron chi connectivity index (χ2n) is 8.33. The van der Waals surface area contributed by atoms with Gasteiger partial charge in [0.25, 0.3) is 0 Å². The minimum absolute atomic E-state index is 0.0299. The van der Waals surface area contributed by atoms with Crippen molar-refractivity contribution in [2.75, 3.05) is 11.4 Å². The lowest BCUT2D eigenvalue weighted by Crippen LogP contribution is -2.25. The van der Waals surface area contributed by atoms with Crippen molar-refractivity contribution in [2.45, 2.75) is 32.7 Å². The van der Waals surface area contributed by atoms with Crippen molar-refractivity contribution in [2.24, 2.45) is 0 Å². The smallest absolute Gasteiger partial charge is 0.227 e. The topological polar surface area (TPSA) is 38.1 Å². The van der Waals surface area contributed by atoms with E-state index in [-0.39, 0.29) is 11.8 Å². The zero-order valence-corrected chi connectivity index (χ0v) is 18.4. The number of benzene rings is 3. The second kappa shape index (κ2) is 7.86. The summed E-state index contributed by atoms with van der Waals surface area (Å²) in [6, 6.07) is 22.3. The molecule has 0 saturated carbocycles. The summed E-state index contributed by atoms with van der Waals surface area (Å²) in [6.07, 6.45) is 0.458. The van der Waals surface area contributed by atoms with Gasteiger partial charge in [0.1, 0.15) is 5.82 Å². The molecule has 5 rings (SSSR count). The number of hydrogen-bond acceptors (Lipinski definition) is 2. The highest BCUT2D eigenvalue weighted by atomic mass is 35.5. The standard InChI is InChI=1S/C26H24ClN3O/c1-17-11-12-18(2)24(13-17)29-16-20(14-25(29)31)26-28-22-9-5-6-10-23(22)30(26)15-19-7-3-4-8-21(19)27/h3-13,20H,14-16H2,1-2H3. The Hall–Kier alpha value is -3.11. The summed E-state index contributed by atoms with van der Waals surface area (Å²) in [7, 11) is 0. The Morgan fingerprint density at radius 2 is 1.81 bits per heavy atom. The average molecular weight is 430 g/mol. The first-order valence-electron chi connectivity index (χ1n) is 10.6. The lowest BCUT2D eigenvalue weighted by Gasteiger charge is -2.20. The van der Waals surface area contributed by atoms with Gasteiger partial charge in [-0.25, -0.2) is 4.98 Å². The molecule has 31 heavy (non-hydrogen) atoms. The maximum atomic E-state index is 13.0. The summed E-state index contributed by atoms with van der Waals surface area (Å²) >= 11 is 6.47. The number of imidazole rings is 1. The monoisotopic (exact) mass is 429 g/mol. The Morgan fingerprint density at radius 3 is 2.65 bits per heavy atom. The van der Waals surface area contributed by atoms with Crippen molar-refractivity contribution < 1.29 is 4.79 Å². The molecule has 0 aliphatic carbocycles. The number of carbonyl (C=O) groups is 1. The predicted molar refractivity (Wildman–Crippen MR) is 126 cm³/mol. The molecule has 3 aromatic carbocycles. The van der Waals surface area contributed by atoms with Crippen LogP contribution in [0, 0.1) is 13.8 Å². The Morgan fingerprint density at radius 1 is 1.03 bits per heavy atom. The highest BCUT2D eigenvalue weighted by Crippen LogP contribution is 2.35. The van der Waals surface area contributed by atoms with Crippen LogP contribution in [0.25, 0.3) is 11.0 Å². The van der Waals surface area contributed by atoms with Crippen molar-refractivity contribution in [3.8, 4) is 0 Å². The zero-order valence-electron chi connectivity index (χ0n) is 17.7. The number of aryl methyl sites for hydroxylation is 2. The molecule has 1 fully saturated rings. The fraction of sp³-hybridized carbons (Fsp3) is 0.231. The first kappa shape index (κ1) is 19.8. The Balaban J connectivity index is 1.55. The van der Waals surface area contributed by atoms with E-state index in [4.69, 9.17) is 16.6 Å². The van der Waals surface area contributed by atoms with Crippen LogP contribution in [0.15, 0.2) is 66.7 Å². The van der Waals surface area contributed by atoms with Crippen molar-refractivity contribution in [3.05, 3.63) is 94.3 Å². The number of aromatic nitrogens is 2. The maximum Gasteiger partial charge on any atom is 0.227 e. The molecular weight excluding hydrogens is 406 g/mol. The molecule has 4 aromatic rings. The van der Waals surface area contributed by atoms with Gasteiger partial charge in [0.05, 0.1) is 17.6 Å². The molecule has 1 aliphatic heterocycles. The number of halogens is 1. The highest BCUT2D eigenvalue weighted by Gasteiger charge is 2.35. The van der Waals surface area contributed by atoms with E-state index in [0.717, 1.165) is 44.3 Å². The molecule has 1 aromatic heterocycles. The molecular formula is C26H24ClN3O. The van der Waals surface area contributed by atoms with Crippen LogP contribution in [-0.2, 0) is 11.3 Å². The fourth-order valence-electron chi connectivity index (χ4n) is 4.49. The summed E-state index contributed by atoms with van der Waals surface area (Å²) in [4.78, 5) is 19.9. The summed E-state index contributed by atoms with van der Waals surface area (Å²) in [5.41, 5.74) is 6.33. The lowest BCUT2D eigenvalue weighted by atomic mass is 10.1. The molecule has 2 heterocycles. The van der Waals surface area contributed by atoms with Gasteiger partial charge in [-0.15, -0.1) is 0 Å². The molecule has 0 N–H and O–H groups in total. The van der Waals surface area contributed by atoms with Gasteiger partial charge in [0.15, 0.2) is 0 Å². The van der Waals surface area contributed by atoms with Crippen LogP contribution in [0.1, 0.15) is 34.9 Å². The second-order valence-corrected chi connectivity index (χ2v) is 8.74. The van der Waals surface area contributed by atoms with Crippen molar-refractivity contribution in [1.82, 2.24) is 9.55 Å². The molecule has 1 atom stereocenters. The van der Waals surface area contributed by atoms with Crippen LogP contribution in [0.4, 0.5) is 5.69 Å². The lowest BCUT2D eigenvalue weighted by molar-refractivity contribution is -0.117. The molecule has 5 heteroatoms. The number of para-hydroxylation sites is 2.